The van der Waals surface area contributed by atoms with Gasteiger partial charge in [-0.2, -0.15) is 0 Å². The second kappa shape index (κ2) is 4.73. The van der Waals surface area contributed by atoms with Gasteiger partial charge in [-0.1, -0.05) is 28.1 Å². The third-order valence-electron chi connectivity index (χ3n) is 1.97. The molecular weight excluding hydrogens is 275 g/mol. The number of hydrogen-bond donors (Lipinski definition) is 0. The summed E-state index contributed by atoms with van der Waals surface area (Å²) in [5, 5.41) is 0.285. The van der Waals surface area contributed by atoms with E-state index in [4.69, 9.17) is 11.6 Å². The maximum Gasteiger partial charge on any atom is 0.222 e. The molecule has 1 heterocycles. The van der Waals surface area contributed by atoms with E-state index >= 15 is 0 Å². The van der Waals surface area contributed by atoms with Gasteiger partial charge < -0.3 is 0 Å². The van der Waals surface area contributed by atoms with Crippen molar-refractivity contribution in [3.63, 3.8) is 0 Å². The highest BCUT2D eigenvalue weighted by Crippen LogP contribution is 2.14. The van der Waals surface area contributed by atoms with Crippen LogP contribution in [0.25, 0.3) is 0 Å². The van der Waals surface area contributed by atoms with Crippen LogP contribution in [-0.2, 0) is 6.42 Å². The van der Waals surface area contributed by atoms with E-state index in [1.165, 1.54) is 5.56 Å². The van der Waals surface area contributed by atoms with Gasteiger partial charge in [0.15, 0.2) is 0 Å². The normalized spacial score (nSPS) is 10.3. The lowest BCUT2D eigenvalue weighted by Gasteiger charge is -2.01. The molecule has 0 N–H and O–H groups in total. The van der Waals surface area contributed by atoms with Gasteiger partial charge in [-0.25, -0.2) is 9.97 Å². The summed E-state index contributed by atoms with van der Waals surface area (Å²) in [6, 6.07) is 8.16. The van der Waals surface area contributed by atoms with Crippen molar-refractivity contribution in [2.75, 3.05) is 0 Å². The first-order valence-corrected chi connectivity index (χ1v) is 5.62. The molecule has 1 aromatic carbocycles. The minimum Gasteiger partial charge on any atom is -0.226 e. The second-order valence-electron chi connectivity index (χ2n) is 3.17. The molecule has 0 aliphatic heterocycles. The van der Waals surface area contributed by atoms with E-state index in [0.29, 0.717) is 0 Å². The van der Waals surface area contributed by atoms with Crippen molar-refractivity contribution in [2.45, 2.75) is 6.42 Å². The van der Waals surface area contributed by atoms with Gasteiger partial charge in [0.05, 0.1) is 0 Å². The number of hydrogen-bond acceptors (Lipinski definition) is 2. The number of rotatable bonds is 2. The van der Waals surface area contributed by atoms with Gasteiger partial charge in [-0.15, -0.1) is 0 Å². The van der Waals surface area contributed by atoms with Crippen LogP contribution in [0, 0.1) is 0 Å². The zero-order valence-electron chi connectivity index (χ0n) is 7.82. The minimum atomic E-state index is 0.285. The van der Waals surface area contributed by atoms with Crippen molar-refractivity contribution < 1.29 is 0 Å². The average Bonchev–Trinajstić information content (AvgIpc) is 2.22. The number of nitrogens with zero attached hydrogens (tertiary/aromatic N) is 2. The van der Waals surface area contributed by atoms with Crippen molar-refractivity contribution in [1.29, 1.82) is 0 Å². The Balaban J connectivity index is 2.18. The van der Waals surface area contributed by atoms with Crippen LogP contribution in [0.2, 0.25) is 5.28 Å². The van der Waals surface area contributed by atoms with Crippen molar-refractivity contribution in [3.05, 3.63) is 57.5 Å². The lowest BCUT2D eigenvalue weighted by atomic mass is 10.1. The zero-order chi connectivity index (χ0) is 10.7. The van der Waals surface area contributed by atoms with Crippen LogP contribution in [-0.4, -0.2) is 9.97 Å². The molecule has 0 radical (unpaired) electrons. The molecule has 15 heavy (non-hydrogen) atoms. The summed E-state index contributed by atoms with van der Waals surface area (Å²) in [5.74, 6) is 0. The second-order valence-corrected chi connectivity index (χ2v) is 4.42. The van der Waals surface area contributed by atoms with E-state index in [1.54, 1.807) is 12.4 Å². The maximum absolute atomic E-state index is 5.61. The molecule has 2 aromatic rings. The van der Waals surface area contributed by atoms with Crippen molar-refractivity contribution in [3.8, 4) is 0 Å². The molecule has 2 rings (SSSR count). The molecular formula is C11H8BrClN2. The van der Waals surface area contributed by atoms with E-state index in [-0.39, 0.29) is 5.28 Å². The molecule has 0 bridgehead atoms. The lowest BCUT2D eigenvalue weighted by Crippen LogP contribution is -1.91. The van der Waals surface area contributed by atoms with Gasteiger partial charge in [0, 0.05) is 23.3 Å². The topological polar surface area (TPSA) is 25.8 Å². The van der Waals surface area contributed by atoms with Crippen molar-refractivity contribution in [1.82, 2.24) is 9.97 Å². The Bertz CT molecular complexity index is 456. The molecule has 0 spiro atoms. The smallest absolute Gasteiger partial charge is 0.222 e. The fourth-order valence-corrected chi connectivity index (χ4v) is 1.86. The van der Waals surface area contributed by atoms with E-state index in [2.05, 4.69) is 38.0 Å². The standard InChI is InChI=1S/C11H8BrClN2/c12-10-3-1-2-8(5-10)4-9-6-14-11(13)15-7-9/h1-3,5-7H,4H2. The number of benzene rings is 1. The Labute approximate surface area is 101 Å². The molecule has 2 nitrogen and oxygen atoms in total. The van der Waals surface area contributed by atoms with Gasteiger partial charge in [-0.05, 0) is 34.9 Å². The molecule has 0 atom stereocenters. The van der Waals surface area contributed by atoms with Gasteiger partial charge in [0.25, 0.3) is 0 Å². The van der Waals surface area contributed by atoms with E-state index in [0.717, 1.165) is 16.5 Å². The Kier molecular flexibility index (Phi) is 3.34. The first kappa shape index (κ1) is 10.6. The Hall–Kier alpha value is -0.930. The lowest BCUT2D eigenvalue weighted by molar-refractivity contribution is 1.07. The van der Waals surface area contributed by atoms with E-state index in [1.807, 2.05) is 12.1 Å². The van der Waals surface area contributed by atoms with Crippen LogP contribution < -0.4 is 0 Å². The monoisotopic (exact) mass is 282 g/mol. The van der Waals surface area contributed by atoms with Gasteiger partial charge in [0.2, 0.25) is 5.28 Å². The van der Waals surface area contributed by atoms with Crippen LogP contribution in [0.15, 0.2) is 41.1 Å². The molecule has 0 fully saturated rings. The van der Waals surface area contributed by atoms with Gasteiger partial charge >= 0.3 is 0 Å². The fourth-order valence-electron chi connectivity index (χ4n) is 1.31. The maximum atomic E-state index is 5.61. The predicted octanol–water partition coefficient (Wildman–Crippen LogP) is 3.48. The van der Waals surface area contributed by atoms with Gasteiger partial charge in [-0.3, -0.25) is 0 Å². The SMILES string of the molecule is Clc1ncc(Cc2cccc(Br)c2)cn1. The third-order valence-corrected chi connectivity index (χ3v) is 2.66. The first-order valence-electron chi connectivity index (χ1n) is 4.45. The van der Waals surface area contributed by atoms with Crippen LogP contribution in [0.5, 0.6) is 0 Å². The van der Waals surface area contributed by atoms with Crippen molar-refractivity contribution >= 4 is 27.5 Å². The Morgan fingerprint density at radius 2 is 1.87 bits per heavy atom. The highest BCUT2D eigenvalue weighted by Gasteiger charge is 1.98. The summed E-state index contributed by atoms with van der Waals surface area (Å²) in [4.78, 5) is 7.88. The highest BCUT2D eigenvalue weighted by molar-refractivity contribution is 9.10. The van der Waals surface area contributed by atoms with Crippen LogP contribution in [0.4, 0.5) is 0 Å². The fraction of sp³-hybridized carbons (Fsp3) is 0.0909. The molecule has 1 aromatic heterocycles. The van der Waals surface area contributed by atoms with E-state index in [9.17, 15) is 0 Å². The number of halogens is 2. The van der Waals surface area contributed by atoms with E-state index < -0.39 is 0 Å². The Morgan fingerprint density at radius 1 is 1.13 bits per heavy atom. The summed E-state index contributed by atoms with van der Waals surface area (Å²) in [5.41, 5.74) is 2.27. The van der Waals surface area contributed by atoms with Gasteiger partial charge in [0.1, 0.15) is 0 Å². The van der Waals surface area contributed by atoms with Crippen LogP contribution >= 0.6 is 27.5 Å². The zero-order valence-corrected chi connectivity index (χ0v) is 10.2. The number of aromatic nitrogens is 2. The molecule has 76 valence electrons. The summed E-state index contributed by atoms with van der Waals surface area (Å²) >= 11 is 9.04. The minimum absolute atomic E-state index is 0.285. The summed E-state index contributed by atoms with van der Waals surface area (Å²) in [7, 11) is 0. The molecule has 0 saturated heterocycles. The average molecular weight is 284 g/mol. The van der Waals surface area contributed by atoms with Crippen molar-refractivity contribution in [2.24, 2.45) is 0 Å². The molecule has 0 amide bonds. The highest BCUT2D eigenvalue weighted by atomic mass is 79.9. The third kappa shape index (κ3) is 3.01. The molecule has 0 saturated carbocycles. The molecule has 0 unspecified atom stereocenters. The molecule has 0 aliphatic rings. The summed E-state index contributed by atoms with van der Waals surface area (Å²) in [6.07, 6.45) is 4.31. The molecule has 4 heteroatoms. The Morgan fingerprint density at radius 3 is 2.53 bits per heavy atom. The molecule has 0 aliphatic carbocycles. The first-order chi connectivity index (χ1) is 7.24. The predicted molar refractivity (Wildman–Crippen MR) is 64.0 cm³/mol. The van der Waals surface area contributed by atoms with Crippen LogP contribution in [0.3, 0.4) is 0 Å². The quantitative estimate of drug-likeness (QED) is 0.789. The largest absolute Gasteiger partial charge is 0.226 e. The van der Waals surface area contributed by atoms with Crippen LogP contribution in [0.1, 0.15) is 11.1 Å². The summed E-state index contributed by atoms with van der Waals surface area (Å²) in [6.45, 7) is 0. The summed E-state index contributed by atoms with van der Waals surface area (Å²) < 4.78 is 1.08.